The van der Waals surface area contributed by atoms with Crippen LogP contribution in [0.1, 0.15) is 49.5 Å². The van der Waals surface area contributed by atoms with Crippen LogP contribution >= 0.6 is 0 Å². The minimum absolute atomic E-state index is 0.0363. The molecule has 2 saturated heterocycles. The predicted octanol–water partition coefficient (Wildman–Crippen LogP) is 2.96. The molecule has 0 bridgehead atoms. The highest BCUT2D eigenvalue weighted by Gasteiger charge is 2.32. The Morgan fingerprint density at radius 3 is 2.32 bits per heavy atom. The molecule has 6 nitrogen and oxygen atoms in total. The molecule has 2 aliphatic rings. The molecule has 2 atom stereocenters. The van der Waals surface area contributed by atoms with E-state index in [-0.39, 0.29) is 21.9 Å². The molecule has 6 heteroatoms. The van der Waals surface area contributed by atoms with E-state index in [0.717, 1.165) is 39.0 Å². The molecule has 0 saturated carbocycles. The molecule has 0 aromatic heterocycles. The van der Waals surface area contributed by atoms with Crippen LogP contribution in [0.2, 0.25) is 0 Å². The third-order valence-electron chi connectivity index (χ3n) is 5.56. The van der Waals surface area contributed by atoms with Crippen LogP contribution in [0.4, 0.5) is 5.69 Å². The van der Waals surface area contributed by atoms with Crippen LogP contribution in [0.15, 0.2) is 18.2 Å². The van der Waals surface area contributed by atoms with E-state index >= 15 is 0 Å². The standard InChI is InChI=1S/C19H27N3O3/c1-19(2,3)16-5-4-13(10-17(16)22(24)25)18(23)21-8-6-14-11-20-12-15(14)7-9-21/h4-5,10,14-15,20H,6-9,11-12H2,1-3H3/t14-,15+. The second-order valence-electron chi connectivity index (χ2n) is 8.29. The van der Waals surface area contributed by atoms with E-state index in [1.54, 1.807) is 12.1 Å². The van der Waals surface area contributed by atoms with Gasteiger partial charge in [-0.3, -0.25) is 14.9 Å². The van der Waals surface area contributed by atoms with E-state index < -0.39 is 0 Å². The molecule has 0 unspecified atom stereocenters. The number of nitrogens with one attached hydrogen (secondary N) is 1. The van der Waals surface area contributed by atoms with Gasteiger partial charge in [0.05, 0.1) is 4.92 Å². The zero-order valence-electron chi connectivity index (χ0n) is 15.2. The zero-order chi connectivity index (χ0) is 18.2. The highest BCUT2D eigenvalue weighted by Crippen LogP contribution is 2.33. The first-order valence-corrected chi connectivity index (χ1v) is 9.06. The van der Waals surface area contributed by atoms with Crippen LogP contribution in [0.25, 0.3) is 0 Å². The molecule has 1 aromatic carbocycles. The fourth-order valence-electron chi connectivity index (χ4n) is 4.05. The second kappa shape index (κ2) is 6.75. The first kappa shape index (κ1) is 17.9. The Labute approximate surface area is 148 Å². The summed E-state index contributed by atoms with van der Waals surface area (Å²) in [6.45, 7) is 9.37. The van der Waals surface area contributed by atoms with Gasteiger partial charge in [-0.1, -0.05) is 26.8 Å². The number of hydrogen-bond acceptors (Lipinski definition) is 4. The van der Waals surface area contributed by atoms with Gasteiger partial charge in [0.15, 0.2) is 0 Å². The van der Waals surface area contributed by atoms with Crippen LogP contribution in [-0.2, 0) is 5.41 Å². The Morgan fingerprint density at radius 2 is 1.80 bits per heavy atom. The van der Waals surface area contributed by atoms with Gasteiger partial charge in [0.1, 0.15) is 0 Å². The summed E-state index contributed by atoms with van der Waals surface area (Å²) >= 11 is 0. The van der Waals surface area contributed by atoms with Crippen LogP contribution in [0.3, 0.4) is 0 Å². The van der Waals surface area contributed by atoms with Crippen molar-refractivity contribution in [1.29, 1.82) is 0 Å². The maximum atomic E-state index is 12.9. The van der Waals surface area contributed by atoms with Crippen molar-refractivity contribution in [2.75, 3.05) is 26.2 Å². The number of nitrogens with zero attached hydrogens (tertiary/aromatic N) is 2. The van der Waals surface area contributed by atoms with Crippen LogP contribution in [0, 0.1) is 22.0 Å². The Bertz CT molecular complexity index is 667. The first-order chi connectivity index (χ1) is 11.8. The lowest BCUT2D eigenvalue weighted by atomic mass is 9.85. The van der Waals surface area contributed by atoms with E-state index in [0.29, 0.717) is 23.0 Å². The van der Waals surface area contributed by atoms with E-state index in [2.05, 4.69) is 5.32 Å². The van der Waals surface area contributed by atoms with E-state index in [9.17, 15) is 14.9 Å². The van der Waals surface area contributed by atoms with Crippen molar-refractivity contribution in [3.05, 3.63) is 39.4 Å². The number of carbonyl (C=O) groups is 1. The average Bonchev–Trinajstić information content (AvgIpc) is 2.91. The third-order valence-corrected chi connectivity index (χ3v) is 5.56. The van der Waals surface area contributed by atoms with Gasteiger partial charge < -0.3 is 10.2 Å². The van der Waals surface area contributed by atoms with Crippen LogP contribution in [0.5, 0.6) is 0 Å². The zero-order valence-corrected chi connectivity index (χ0v) is 15.2. The van der Waals surface area contributed by atoms with Gasteiger partial charge in [0.25, 0.3) is 11.6 Å². The number of likely N-dealkylation sites (tertiary alicyclic amines) is 1. The highest BCUT2D eigenvalue weighted by atomic mass is 16.6. The smallest absolute Gasteiger partial charge is 0.273 e. The van der Waals surface area contributed by atoms with Gasteiger partial charge in [0.2, 0.25) is 0 Å². The van der Waals surface area contributed by atoms with Crippen LogP contribution < -0.4 is 5.32 Å². The lowest BCUT2D eigenvalue weighted by Gasteiger charge is -2.22. The van der Waals surface area contributed by atoms with Crippen molar-refractivity contribution < 1.29 is 9.72 Å². The summed E-state index contributed by atoms with van der Waals surface area (Å²) in [4.78, 5) is 25.9. The molecule has 1 aromatic rings. The van der Waals surface area contributed by atoms with Gasteiger partial charge in [0, 0.05) is 30.3 Å². The van der Waals surface area contributed by atoms with Crippen molar-refractivity contribution in [2.24, 2.45) is 11.8 Å². The Hall–Kier alpha value is -1.95. The molecule has 1 amide bonds. The number of rotatable bonds is 2. The molecule has 1 N–H and O–H groups in total. The summed E-state index contributed by atoms with van der Waals surface area (Å²) < 4.78 is 0. The summed E-state index contributed by atoms with van der Waals surface area (Å²) in [6.07, 6.45) is 2.01. The molecule has 3 rings (SSSR count). The SMILES string of the molecule is CC(C)(C)c1ccc(C(=O)N2CC[C@@H]3CNC[C@@H]3CC2)cc1[N+](=O)[O-]. The lowest BCUT2D eigenvalue weighted by Crippen LogP contribution is -2.33. The summed E-state index contributed by atoms with van der Waals surface area (Å²) in [5, 5.41) is 14.9. The average molecular weight is 345 g/mol. The van der Waals surface area contributed by atoms with Gasteiger partial charge in [-0.15, -0.1) is 0 Å². The normalized spacial score (nSPS) is 23.9. The lowest BCUT2D eigenvalue weighted by molar-refractivity contribution is -0.386. The van der Waals surface area contributed by atoms with Gasteiger partial charge in [-0.2, -0.15) is 0 Å². The van der Waals surface area contributed by atoms with Crippen molar-refractivity contribution in [2.45, 2.75) is 39.0 Å². The number of benzene rings is 1. The largest absolute Gasteiger partial charge is 0.339 e. The molecule has 25 heavy (non-hydrogen) atoms. The van der Waals surface area contributed by atoms with E-state index in [1.807, 2.05) is 25.7 Å². The monoisotopic (exact) mass is 345 g/mol. The minimum Gasteiger partial charge on any atom is -0.339 e. The van der Waals surface area contributed by atoms with Crippen molar-refractivity contribution >= 4 is 11.6 Å². The minimum atomic E-state index is -0.379. The molecule has 2 heterocycles. The summed E-state index contributed by atoms with van der Waals surface area (Å²) in [7, 11) is 0. The van der Waals surface area contributed by atoms with E-state index in [4.69, 9.17) is 0 Å². The quantitative estimate of drug-likeness (QED) is 0.660. The molecule has 2 aliphatic heterocycles. The first-order valence-electron chi connectivity index (χ1n) is 9.06. The van der Waals surface area contributed by atoms with Crippen molar-refractivity contribution in [1.82, 2.24) is 10.2 Å². The van der Waals surface area contributed by atoms with Gasteiger partial charge in [-0.05, 0) is 49.2 Å². The Morgan fingerprint density at radius 1 is 1.20 bits per heavy atom. The summed E-state index contributed by atoms with van der Waals surface area (Å²) in [6, 6.07) is 4.93. The number of amides is 1. The second-order valence-corrected chi connectivity index (χ2v) is 8.29. The fraction of sp³-hybridized carbons (Fsp3) is 0.632. The number of nitro benzene ring substituents is 1. The van der Waals surface area contributed by atoms with Crippen molar-refractivity contribution in [3.8, 4) is 0 Å². The number of carbonyl (C=O) groups excluding carboxylic acids is 1. The topological polar surface area (TPSA) is 75.5 Å². The molecule has 2 fully saturated rings. The van der Waals surface area contributed by atoms with Crippen molar-refractivity contribution in [3.63, 3.8) is 0 Å². The molecular formula is C19H27N3O3. The summed E-state index contributed by atoms with van der Waals surface area (Å²) in [5.41, 5.74) is 0.779. The third kappa shape index (κ3) is 3.68. The molecule has 0 radical (unpaired) electrons. The fourth-order valence-corrected chi connectivity index (χ4v) is 4.05. The molecule has 136 valence electrons. The predicted molar refractivity (Wildman–Crippen MR) is 96.8 cm³/mol. The molecule has 0 spiro atoms. The van der Waals surface area contributed by atoms with Crippen LogP contribution in [-0.4, -0.2) is 41.9 Å². The van der Waals surface area contributed by atoms with Gasteiger partial charge in [-0.25, -0.2) is 0 Å². The maximum absolute atomic E-state index is 12.9. The Kier molecular flexibility index (Phi) is 4.82. The summed E-state index contributed by atoms with van der Waals surface area (Å²) in [5.74, 6) is 1.21. The van der Waals surface area contributed by atoms with Gasteiger partial charge >= 0.3 is 0 Å². The highest BCUT2D eigenvalue weighted by molar-refractivity contribution is 5.95. The Balaban J connectivity index is 1.82. The molecule has 0 aliphatic carbocycles. The number of hydrogen-bond donors (Lipinski definition) is 1. The molecular weight excluding hydrogens is 318 g/mol. The maximum Gasteiger partial charge on any atom is 0.273 e. The number of fused-ring (bicyclic) bond motifs is 1. The van der Waals surface area contributed by atoms with E-state index in [1.165, 1.54) is 6.07 Å². The number of nitro groups is 1.